The van der Waals surface area contributed by atoms with E-state index in [1.165, 1.54) is 7.05 Å². The van der Waals surface area contributed by atoms with Crippen molar-refractivity contribution in [3.63, 3.8) is 0 Å². The number of rotatable bonds is 6. The molecule has 0 aromatic carbocycles. The Kier molecular flexibility index (Phi) is 4.89. The zero-order chi connectivity index (χ0) is 10.5. The van der Waals surface area contributed by atoms with E-state index in [1.807, 2.05) is 0 Å². The Morgan fingerprint density at radius 2 is 2.08 bits per heavy atom. The molecule has 0 rings (SSSR count). The summed E-state index contributed by atoms with van der Waals surface area (Å²) in [5, 5.41) is 8.35. The van der Waals surface area contributed by atoms with Crippen LogP contribution in [0.2, 0.25) is 0 Å². The first-order valence-electron chi connectivity index (χ1n) is 3.84. The van der Waals surface area contributed by atoms with Gasteiger partial charge in [0, 0.05) is 20.1 Å². The maximum Gasteiger partial charge on any atom is 0.304 e. The highest BCUT2D eigenvalue weighted by molar-refractivity contribution is 7.87. The molecule has 0 amide bonds. The third kappa shape index (κ3) is 4.20. The van der Waals surface area contributed by atoms with E-state index in [4.69, 9.17) is 5.11 Å². The van der Waals surface area contributed by atoms with Crippen molar-refractivity contribution < 1.29 is 18.3 Å². The van der Waals surface area contributed by atoms with E-state index in [2.05, 4.69) is 4.72 Å². The van der Waals surface area contributed by atoms with Gasteiger partial charge in [-0.2, -0.15) is 12.7 Å². The van der Waals surface area contributed by atoms with Crippen molar-refractivity contribution in [1.29, 1.82) is 0 Å². The van der Waals surface area contributed by atoms with Gasteiger partial charge in [-0.15, -0.1) is 0 Å². The highest BCUT2D eigenvalue weighted by Gasteiger charge is 2.18. The SMILES string of the molecule is CCN(CCC(=O)O)S(=O)(=O)NC. The number of carboxylic acids is 1. The highest BCUT2D eigenvalue weighted by Crippen LogP contribution is 1.98. The molecular formula is C6H14N2O4S. The minimum Gasteiger partial charge on any atom is -0.481 e. The van der Waals surface area contributed by atoms with Crippen LogP contribution >= 0.6 is 0 Å². The lowest BCUT2D eigenvalue weighted by Crippen LogP contribution is -2.39. The minimum atomic E-state index is -3.49. The molecule has 13 heavy (non-hydrogen) atoms. The Labute approximate surface area is 77.7 Å². The molecule has 0 atom stereocenters. The molecule has 0 fully saturated rings. The van der Waals surface area contributed by atoms with Crippen LogP contribution < -0.4 is 4.72 Å². The lowest BCUT2D eigenvalue weighted by Gasteiger charge is -2.18. The molecule has 2 N–H and O–H groups in total. The van der Waals surface area contributed by atoms with E-state index in [0.29, 0.717) is 0 Å². The molecule has 0 unspecified atom stereocenters. The fourth-order valence-corrected chi connectivity index (χ4v) is 1.73. The van der Waals surface area contributed by atoms with Crippen molar-refractivity contribution >= 4 is 16.2 Å². The molecule has 0 aromatic rings. The van der Waals surface area contributed by atoms with Gasteiger partial charge in [0.05, 0.1) is 6.42 Å². The summed E-state index contributed by atoms with van der Waals surface area (Å²) in [6, 6.07) is 0. The lowest BCUT2D eigenvalue weighted by molar-refractivity contribution is -0.137. The summed E-state index contributed by atoms with van der Waals surface area (Å²) in [7, 11) is -2.20. The second-order valence-corrected chi connectivity index (χ2v) is 4.22. The molecule has 7 heteroatoms. The van der Waals surface area contributed by atoms with Crippen LogP contribution in [0.4, 0.5) is 0 Å². The van der Waals surface area contributed by atoms with Crippen molar-refractivity contribution in [3.8, 4) is 0 Å². The molecule has 78 valence electrons. The van der Waals surface area contributed by atoms with E-state index in [0.717, 1.165) is 4.31 Å². The van der Waals surface area contributed by atoms with E-state index in [9.17, 15) is 13.2 Å². The Bertz CT molecular complexity index is 262. The molecule has 0 aliphatic carbocycles. The monoisotopic (exact) mass is 210 g/mol. The molecule has 0 radical (unpaired) electrons. The zero-order valence-corrected chi connectivity index (χ0v) is 8.47. The summed E-state index contributed by atoms with van der Waals surface area (Å²) in [4.78, 5) is 10.2. The van der Waals surface area contributed by atoms with Gasteiger partial charge >= 0.3 is 5.97 Å². The van der Waals surface area contributed by atoms with E-state index >= 15 is 0 Å². The standard InChI is InChI=1S/C6H14N2O4S/c1-3-8(5-4-6(9)10)13(11,12)7-2/h7H,3-5H2,1-2H3,(H,9,10). The molecule has 0 aliphatic rings. The van der Waals surface area contributed by atoms with Gasteiger partial charge in [0.1, 0.15) is 0 Å². The van der Waals surface area contributed by atoms with Crippen LogP contribution in [0.5, 0.6) is 0 Å². The topological polar surface area (TPSA) is 86.7 Å². The summed E-state index contributed by atoms with van der Waals surface area (Å²) in [6.45, 7) is 1.90. The Morgan fingerprint density at radius 1 is 1.54 bits per heavy atom. The molecule has 0 saturated heterocycles. The first kappa shape index (κ1) is 12.3. The number of hydrogen-bond donors (Lipinski definition) is 2. The van der Waals surface area contributed by atoms with Crippen LogP contribution in [0.15, 0.2) is 0 Å². The molecule has 0 aromatic heterocycles. The fourth-order valence-electron chi connectivity index (χ4n) is 0.798. The van der Waals surface area contributed by atoms with Crippen molar-refractivity contribution in [3.05, 3.63) is 0 Å². The molecule has 6 nitrogen and oxygen atoms in total. The molecule has 0 spiro atoms. The van der Waals surface area contributed by atoms with Gasteiger partial charge in [-0.25, -0.2) is 4.72 Å². The summed E-state index contributed by atoms with van der Waals surface area (Å²) in [5.41, 5.74) is 0. The summed E-state index contributed by atoms with van der Waals surface area (Å²) in [6.07, 6.45) is -0.186. The van der Waals surface area contributed by atoms with Gasteiger partial charge in [0.15, 0.2) is 0 Å². The van der Waals surface area contributed by atoms with Crippen LogP contribution in [-0.2, 0) is 15.0 Å². The number of nitrogens with one attached hydrogen (secondary N) is 1. The number of nitrogens with zero attached hydrogens (tertiary/aromatic N) is 1. The Hall–Kier alpha value is -0.660. The molecule has 0 heterocycles. The lowest BCUT2D eigenvalue weighted by atomic mass is 10.4. The predicted molar refractivity (Wildman–Crippen MR) is 47.5 cm³/mol. The van der Waals surface area contributed by atoms with E-state index in [-0.39, 0.29) is 19.5 Å². The van der Waals surface area contributed by atoms with Crippen molar-refractivity contribution in [2.45, 2.75) is 13.3 Å². The van der Waals surface area contributed by atoms with Crippen molar-refractivity contribution in [2.24, 2.45) is 0 Å². The van der Waals surface area contributed by atoms with E-state index in [1.54, 1.807) is 6.92 Å². The number of hydrogen-bond acceptors (Lipinski definition) is 3. The number of carboxylic acid groups (broad SMARTS) is 1. The average Bonchev–Trinajstić information content (AvgIpc) is 2.04. The van der Waals surface area contributed by atoms with Crippen LogP contribution in [0.1, 0.15) is 13.3 Å². The maximum absolute atomic E-state index is 11.2. The minimum absolute atomic E-state index is 0.00495. The summed E-state index contributed by atoms with van der Waals surface area (Å²) >= 11 is 0. The smallest absolute Gasteiger partial charge is 0.304 e. The zero-order valence-electron chi connectivity index (χ0n) is 7.65. The largest absolute Gasteiger partial charge is 0.481 e. The van der Waals surface area contributed by atoms with Gasteiger partial charge in [0.25, 0.3) is 10.2 Å². The van der Waals surface area contributed by atoms with Crippen molar-refractivity contribution in [1.82, 2.24) is 9.03 Å². The highest BCUT2D eigenvalue weighted by atomic mass is 32.2. The Balaban J connectivity index is 4.27. The summed E-state index contributed by atoms with van der Waals surface area (Å²) < 4.78 is 25.5. The van der Waals surface area contributed by atoms with Gasteiger partial charge in [-0.1, -0.05) is 6.92 Å². The summed E-state index contributed by atoms with van der Waals surface area (Å²) in [5.74, 6) is -1.01. The molecule has 0 saturated carbocycles. The van der Waals surface area contributed by atoms with Crippen molar-refractivity contribution in [2.75, 3.05) is 20.1 Å². The normalized spacial score (nSPS) is 11.9. The molecule has 0 bridgehead atoms. The van der Waals surface area contributed by atoms with Crippen LogP contribution in [0.3, 0.4) is 0 Å². The Morgan fingerprint density at radius 3 is 2.38 bits per heavy atom. The maximum atomic E-state index is 11.2. The van der Waals surface area contributed by atoms with Gasteiger partial charge < -0.3 is 5.11 Å². The predicted octanol–water partition coefficient (Wildman–Crippen LogP) is -0.753. The average molecular weight is 210 g/mol. The molecule has 0 aliphatic heterocycles. The number of carbonyl (C=O) groups is 1. The number of aliphatic carboxylic acids is 1. The first-order chi connectivity index (χ1) is 5.94. The van der Waals surface area contributed by atoms with Gasteiger partial charge in [-0.05, 0) is 0 Å². The third-order valence-corrected chi connectivity index (χ3v) is 3.16. The van der Waals surface area contributed by atoms with Crippen LogP contribution in [0.25, 0.3) is 0 Å². The fraction of sp³-hybridized carbons (Fsp3) is 0.833. The second kappa shape index (κ2) is 5.15. The first-order valence-corrected chi connectivity index (χ1v) is 5.28. The van der Waals surface area contributed by atoms with Gasteiger partial charge in [0.2, 0.25) is 0 Å². The van der Waals surface area contributed by atoms with Crippen LogP contribution in [-0.4, -0.2) is 43.9 Å². The third-order valence-electron chi connectivity index (χ3n) is 1.53. The quantitative estimate of drug-likeness (QED) is 0.603. The van der Waals surface area contributed by atoms with Gasteiger partial charge in [-0.3, -0.25) is 4.79 Å². The molecular weight excluding hydrogens is 196 g/mol. The van der Waals surface area contributed by atoms with E-state index < -0.39 is 16.2 Å². The van der Waals surface area contributed by atoms with Crippen LogP contribution in [0, 0.1) is 0 Å². The second-order valence-electron chi connectivity index (χ2n) is 2.34.